The normalized spacial score (nSPS) is 14.5. The van der Waals surface area contributed by atoms with Crippen molar-refractivity contribution in [1.82, 2.24) is 10.2 Å². The van der Waals surface area contributed by atoms with Crippen molar-refractivity contribution in [1.29, 1.82) is 0 Å². The summed E-state index contributed by atoms with van der Waals surface area (Å²) in [7, 11) is -4.17. The van der Waals surface area contributed by atoms with Crippen LogP contribution in [0, 0.1) is 6.92 Å². The van der Waals surface area contributed by atoms with Crippen LogP contribution in [0.4, 0.5) is 5.69 Å². The fourth-order valence-electron chi connectivity index (χ4n) is 4.94. The van der Waals surface area contributed by atoms with Crippen molar-refractivity contribution in [3.05, 3.63) is 92.9 Å². The molecule has 0 heterocycles. The molecule has 0 saturated heterocycles. The molecular weight excluding hydrogens is 605 g/mol. The number of amides is 2. The second kappa shape index (κ2) is 13.5. The molecule has 2 amide bonds. The van der Waals surface area contributed by atoms with Gasteiger partial charge >= 0.3 is 0 Å². The molecule has 3 aromatic carbocycles. The summed E-state index contributed by atoms with van der Waals surface area (Å²) in [4.78, 5) is 28.8. The van der Waals surface area contributed by atoms with Crippen molar-refractivity contribution >= 4 is 62.3 Å². The number of hydrogen-bond acceptors (Lipinski definition) is 4. The van der Waals surface area contributed by atoms with Gasteiger partial charge in [-0.15, -0.1) is 0 Å². The zero-order chi connectivity index (χ0) is 29.7. The first-order valence-electron chi connectivity index (χ1n) is 13.3. The summed E-state index contributed by atoms with van der Waals surface area (Å²) in [6.45, 7) is 2.79. The van der Waals surface area contributed by atoms with Gasteiger partial charge in [0.2, 0.25) is 11.8 Å². The molecule has 4 rings (SSSR count). The molecule has 7 nitrogen and oxygen atoms in total. The fourth-order valence-corrected chi connectivity index (χ4v) is 7.13. The van der Waals surface area contributed by atoms with Crippen LogP contribution in [-0.2, 0) is 26.2 Å². The van der Waals surface area contributed by atoms with Crippen molar-refractivity contribution in [2.45, 2.75) is 63.1 Å². The van der Waals surface area contributed by atoms with Crippen LogP contribution in [0.5, 0.6) is 0 Å². The first-order valence-corrected chi connectivity index (χ1v) is 15.9. The van der Waals surface area contributed by atoms with Gasteiger partial charge in [-0.3, -0.25) is 13.9 Å². The Labute approximate surface area is 256 Å². The van der Waals surface area contributed by atoms with Crippen LogP contribution in [0.25, 0.3) is 0 Å². The largest absolute Gasteiger partial charge is 0.352 e. The predicted molar refractivity (Wildman–Crippen MR) is 164 cm³/mol. The third kappa shape index (κ3) is 7.55. The molecule has 41 heavy (non-hydrogen) atoms. The number of rotatable bonds is 10. The topological polar surface area (TPSA) is 86.8 Å². The number of carbonyl (C=O) groups is 2. The highest BCUT2D eigenvalue weighted by Gasteiger charge is 2.34. The summed E-state index contributed by atoms with van der Waals surface area (Å²) < 4.78 is 28.9. The summed E-state index contributed by atoms with van der Waals surface area (Å²) >= 11 is 18.7. The number of benzene rings is 3. The van der Waals surface area contributed by atoms with E-state index >= 15 is 0 Å². The highest BCUT2D eigenvalue weighted by molar-refractivity contribution is 7.92. The lowest BCUT2D eigenvalue weighted by Crippen LogP contribution is -2.52. The van der Waals surface area contributed by atoms with Crippen LogP contribution in [0.1, 0.15) is 43.7 Å². The number of sulfonamides is 1. The average molecular weight is 637 g/mol. The maximum atomic E-state index is 14.1. The average Bonchev–Trinajstić information content (AvgIpc) is 3.44. The van der Waals surface area contributed by atoms with E-state index in [-0.39, 0.29) is 23.4 Å². The van der Waals surface area contributed by atoms with E-state index < -0.39 is 28.5 Å². The fraction of sp³-hybridized carbons (Fsp3) is 0.333. The summed E-state index contributed by atoms with van der Waals surface area (Å²) in [5.41, 5.74) is 1.45. The lowest BCUT2D eigenvalue weighted by Gasteiger charge is -2.33. The summed E-state index contributed by atoms with van der Waals surface area (Å²) in [6, 6.07) is 16.7. The Morgan fingerprint density at radius 1 is 0.951 bits per heavy atom. The van der Waals surface area contributed by atoms with Gasteiger partial charge in [0.25, 0.3) is 10.0 Å². The van der Waals surface area contributed by atoms with Crippen LogP contribution in [-0.4, -0.2) is 43.8 Å². The van der Waals surface area contributed by atoms with Crippen LogP contribution in [0.15, 0.2) is 71.6 Å². The van der Waals surface area contributed by atoms with Gasteiger partial charge in [0, 0.05) is 27.7 Å². The van der Waals surface area contributed by atoms with E-state index in [2.05, 4.69) is 5.32 Å². The maximum absolute atomic E-state index is 14.1. The molecule has 1 atom stereocenters. The summed E-state index contributed by atoms with van der Waals surface area (Å²) in [5, 5.41) is 4.25. The second-order valence-electron chi connectivity index (χ2n) is 10.2. The zero-order valence-corrected chi connectivity index (χ0v) is 25.9. The number of halogens is 3. The summed E-state index contributed by atoms with van der Waals surface area (Å²) in [6.07, 6.45) is 3.84. The first-order chi connectivity index (χ1) is 19.5. The molecule has 0 aromatic heterocycles. The Morgan fingerprint density at radius 2 is 1.59 bits per heavy atom. The monoisotopic (exact) mass is 635 g/mol. The minimum Gasteiger partial charge on any atom is -0.352 e. The van der Waals surface area contributed by atoms with E-state index in [1.165, 1.54) is 17.0 Å². The van der Waals surface area contributed by atoms with Gasteiger partial charge < -0.3 is 10.2 Å². The number of aryl methyl sites for hydroxylation is 1. The molecule has 0 bridgehead atoms. The molecule has 1 aliphatic carbocycles. The lowest BCUT2D eigenvalue weighted by atomic mass is 10.1. The SMILES string of the molecule is Cc1cc(Cl)ccc1N(CC(=O)N(Cc1ccc(Cl)cc1Cl)[C@H](C)C(=O)NC1CCCC1)S(=O)(=O)c1ccccc1. The van der Waals surface area contributed by atoms with E-state index in [4.69, 9.17) is 34.8 Å². The molecular formula is C30H32Cl3N3O4S. The molecule has 11 heteroatoms. The smallest absolute Gasteiger partial charge is 0.264 e. The van der Waals surface area contributed by atoms with Gasteiger partial charge in [-0.1, -0.05) is 71.9 Å². The number of nitrogens with one attached hydrogen (secondary N) is 1. The molecule has 1 N–H and O–H groups in total. The van der Waals surface area contributed by atoms with Gasteiger partial charge in [-0.25, -0.2) is 8.42 Å². The van der Waals surface area contributed by atoms with E-state index in [1.807, 2.05) is 0 Å². The Kier molecular flexibility index (Phi) is 10.2. The molecule has 0 radical (unpaired) electrons. The number of hydrogen-bond donors (Lipinski definition) is 1. The van der Waals surface area contributed by atoms with Gasteiger partial charge in [-0.2, -0.15) is 0 Å². The van der Waals surface area contributed by atoms with Crippen molar-refractivity contribution in [2.24, 2.45) is 0 Å². The lowest BCUT2D eigenvalue weighted by molar-refractivity contribution is -0.139. The third-order valence-electron chi connectivity index (χ3n) is 7.26. The molecule has 3 aromatic rings. The molecule has 0 unspecified atom stereocenters. The standard InChI is InChI=1S/C30H32Cl3N3O4S/c1-20-16-23(31)14-15-28(20)36(41(39,40)26-10-4-3-5-11-26)19-29(37)35(18-22-12-13-24(32)17-27(22)33)21(2)30(38)34-25-8-6-7-9-25/h3-5,10-17,21,25H,6-9,18-19H2,1-2H3,(H,34,38)/t21-/m1/s1. The van der Waals surface area contributed by atoms with Gasteiger partial charge in [0.1, 0.15) is 12.6 Å². The maximum Gasteiger partial charge on any atom is 0.264 e. The van der Waals surface area contributed by atoms with Crippen molar-refractivity contribution in [3.8, 4) is 0 Å². The van der Waals surface area contributed by atoms with Crippen molar-refractivity contribution in [3.63, 3.8) is 0 Å². The van der Waals surface area contributed by atoms with E-state index in [0.29, 0.717) is 31.9 Å². The Morgan fingerprint density at radius 3 is 2.22 bits per heavy atom. The van der Waals surface area contributed by atoms with Crippen molar-refractivity contribution < 1.29 is 18.0 Å². The molecule has 1 saturated carbocycles. The first kappa shape index (κ1) is 31.2. The molecule has 0 spiro atoms. The van der Waals surface area contributed by atoms with Gasteiger partial charge in [-0.05, 0) is 80.3 Å². The predicted octanol–water partition coefficient (Wildman–Crippen LogP) is 6.63. The molecule has 1 aliphatic rings. The van der Waals surface area contributed by atoms with E-state index in [9.17, 15) is 18.0 Å². The number of anilines is 1. The van der Waals surface area contributed by atoms with Crippen LogP contribution < -0.4 is 9.62 Å². The Hall–Kier alpha value is -2.78. The third-order valence-corrected chi connectivity index (χ3v) is 9.86. The molecule has 1 fully saturated rings. The minimum atomic E-state index is -4.17. The van der Waals surface area contributed by atoms with Crippen molar-refractivity contribution in [2.75, 3.05) is 10.8 Å². The zero-order valence-electron chi connectivity index (χ0n) is 22.8. The Balaban J connectivity index is 1.72. The van der Waals surface area contributed by atoms with Crippen LogP contribution in [0.2, 0.25) is 15.1 Å². The number of carbonyl (C=O) groups excluding carboxylic acids is 2. The highest BCUT2D eigenvalue weighted by Crippen LogP contribution is 2.30. The second-order valence-corrected chi connectivity index (χ2v) is 13.3. The van der Waals surface area contributed by atoms with Crippen LogP contribution in [0.3, 0.4) is 0 Å². The number of nitrogens with zero attached hydrogens (tertiary/aromatic N) is 2. The summed E-state index contributed by atoms with van der Waals surface area (Å²) in [5.74, 6) is -0.880. The van der Waals surface area contributed by atoms with E-state index in [0.717, 1.165) is 30.0 Å². The van der Waals surface area contributed by atoms with Gasteiger partial charge in [0.15, 0.2) is 0 Å². The minimum absolute atomic E-state index is 0.0209. The van der Waals surface area contributed by atoms with Crippen LogP contribution >= 0.6 is 34.8 Å². The quantitative estimate of drug-likeness (QED) is 0.271. The molecule has 218 valence electrons. The van der Waals surface area contributed by atoms with Gasteiger partial charge in [0.05, 0.1) is 10.6 Å². The highest BCUT2D eigenvalue weighted by atomic mass is 35.5. The molecule has 0 aliphatic heterocycles. The Bertz CT molecular complexity index is 1510. The van der Waals surface area contributed by atoms with E-state index in [1.54, 1.807) is 68.4 Å².